The van der Waals surface area contributed by atoms with Crippen molar-refractivity contribution >= 4 is 29.3 Å². The summed E-state index contributed by atoms with van der Waals surface area (Å²) in [5.41, 5.74) is 0.478. The molecule has 1 rings (SSSR count). The Labute approximate surface area is 97.7 Å². The summed E-state index contributed by atoms with van der Waals surface area (Å²) in [5, 5.41) is 5.25. The van der Waals surface area contributed by atoms with Crippen molar-refractivity contribution in [1.82, 2.24) is 5.32 Å². The standard InChI is InChI=1S/C10H11ClN2O3/c1-16-9(14)6-12-10(15)13-8-5-3-2-4-7(8)11/h2-5H,6H2,1H3,(H2,12,13,15). The maximum Gasteiger partial charge on any atom is 0.325 e. The molecule has 0 bridgehead atoms. The van der Waals surface area contributed by atoms with E-state index in [2.05, 4.69) is 15.4 Å². The van der Waals surface area contributed by atoms with Crippen LogP contribution in [-0.4, -0.2) is 25.7 Å². The van der Waals surface area contributed by atoms with Gasteiger partial charge in [-0.25, -0.2) is 4.79 Å². The van der Waals surface area contributed by atoms with Gasteiger partial charge in [0, 0.05) is 0 Å². The fraction of sp³-hybridized carbons (Fsp3) is 0.200. The maximum absolute atomic E-state index is 11.3. The third-order valence-corrected chi connectivity index (χ3v) is 2.07. The van der Waals surface area contributed by atoms with E-state index in [-0.39, 0.29) is 6.54 Å². The summed E-state index contributed by atoms with van der Waals surface area (Å²) >= 11 is 5.82. The fourth-order valence-electron chi connectivity index (χ4n) is 0.954. The highest BCUT2D eigenvalue weighted by atomic mass is 35.5. The molecule has 2 amide bonds. The number of methoxy groups -OCH3 is 1. The number of para-hydroxylation sites is 1. The van der Waals surface area contributed by atoms with Crippen LogP contribution in [0.4, 0.5) is 10.5 Å². The minimum absolute atomic E-state index is 0.188. The number of amides is 2. The molecular formula is C10H11ClN2O3. The topological polar surface area (TPSA) is 67.4 Å². The largest absolute Gasteiger partial charge is 0.468 e. The van der Waals surface area contributed by atoms with E-state index in [9.17, 15) is 9.59 Å². The Morgan fingerprint density at radius 2 is 2.06 bits per heavy atom. The van der Waals surface area contributed by atoms with Crippen LogP contribution >= 0.6 is 11.6 Å². The highest BCUT2D eigenvalue weighted by Crippen LogP contribution is 2.19. The van der Waals surface area contributed by atoms with Gasteiger partial charge >= 0.3 is 12.0 Å². The van der Waals surface area contributed by atoms with E-state index in [4.69, 9.17) is 11.6 Å². The molecule has 1 aromatic rings. The van der Waals surface area contributed by atoms with Crippen LogP contribution in [0.1, 0.15) is 0 Å². The van der Waals surface area contributed by atoms with Gasteiger partial charge in [-0.3, -0.25) is 4.79 Å². The molecule has 0 aliphatic carbocycles. The Balaban J connectivity index is 2.46. The van der Waals surface area contributed by atoms with Crippen molar-refractivity contribution in [1.29, 1.82) is 0 Å². The lowest BCUT2D eigenvalue weighted by atomic mass is 10.3. The minimum atomic E-state index is -0.519. The number of ether oxygens (including phenoxy) is 1. The fourth-order valence-corrected chi connectivity index (χ4v) is 1.14. The number of benzene rings is 1. The number of carbonyl (C=O) groups excluding carboxylic acids is 2. The first-order valence-electron chi connectivity index (χ1n) is 4.49. The summed E-state index contributed by atoms with van der Waals surface area (Å²) in [6.07, 6.45) is 0. The molecule has 0 aliphatic rings. The van der Waals surface area contributed by atoms with Gasteiger partial charge in [0.15, 0.2) is 0 Å². The highest BCUT2D eigenvalue weighted by molar-refractivity contribution is 6.33. The number of esters is 1. The van der Waals surface area contributed by atoms with E-state index >= 15 is 0 Å². The summed E-state index contributed by atoms with van der Waals surface area (Å²) in [5.74, 6) is -0.519. The average molecular weight is 243 g/mol. The van der Waals surface area contributed by atoms with E-state index in [0.717, 1.165) is 0 Å². The van der Waals surface area contributed by atoms with Gasteiger partial charge in [-0.1, -0.05) is 23.7 Å². The Morgan fingerprint density at radius 1 is 1.38 bits per heavy atom. The van der Waals surface area contributed by atoms with Crippen molar-refractivity contribution in [3.63, 3.8) is 0 Å². The molecule has 0 radical (unpaired) electrons. The van der Waals surface area contributed by atoms with E-state index in [1.165, 1.54) is 7.11 Å². The van der Waals surface area contributed by atoms with Gasteiger partial charge in [-0.05, 0) is 12.1 Å². The molecule has 16 heavy (non-hydrogen) atoms. The average Bonchev–Trinajstić information content (AvgIpc) is 2.29. The summed E-state index contributed by atoms with van der Waals surface area (Å²) in [7, 11) is 1.25. The molecular weight excluding hydrogens is 232 g/mol. The van der Waals surface area contributed by atoms with Gasteiger partial charge in [0.2, 0.25) is 0 Å². The molecule has 0 unspecified atom stereocenters. The molecule has 1 aromatic carbocycles. The van der Waals surface area contributed by atoms with Crippen LogP contribution in [0.25, 0.3) is 0 Å². The Kier molecular flexibility index (Phi) is 4.60. The monoisotopic (exact) mass is 242 g/mol. The van der Waals surface area contributed by atoms with E-state index in [1.807, 2.05) is 0 Å². The summed E-state index contributed by atoms with van der Waals surface area (Å²) in [4.78, 5) is 22.0. The maximum atomic E-state index is 11.3. The Bertz CT molecular complexity index is 395. The summed E-state index contributed by atoms with van der Waals surface area (Å²) in [6, 6.07) is 6.28. The number of nitrogens with one attached hydrogen (secondary N) is 2. The lowest BCUT2D eigenvalue weighted by Crippen LogP contribution is -2.33. The molecule has 0 spiro atoms. The summed E-state index contributed by atoms with van der Waals surface area (Å²) < 4.78 is 4.37. The van der Waals surface area contributed by atoms with Crippen LogP contribution in [0.2, 0.25) is 5.02 Å². The number of halogens is 1. The first-order valence-corrected chi connectivity index (χ1v) is 4.87. The highest BCUT2D eigenvalue weighted by Gasteiger charge is 2.06. The zero-order valence-electron chi connectivity index (χ0n) is 8.62. The molecule has 0 heterocycles. The van der Waals surface area contributed by atoms with E-state index in [1.54, 1.807) is 24.3 Å². The molecule has 0 aliphatic heterocycles. The molecule has 0 atom stereocenters. The second-order valence-corrected chi connectivity index (χ2v) is 3.27. The van der Waals surface area contributed by atoms with Gasteiger partial charge < -0.3 is 15.4 Å². The minimum Gasteiger partial charge on any atom is -0.468 e. The molecule has 0 saturated heterocycles. The second kappa shape index (κ2) is 5.97. The van der Waals surface area contributed by atoms with Crippen molar-refractivity contribution < 1.29 is 14.3 Å². The summed E-state index contributed by atoms with van der Waals surface area (Å²) in [6.45, 7) is -0.188. The van der Waals surface area contributed by atoms with Crippen molar-refractivity contribution in [2.75, 3.05) is 19.0 Å². The van der Waals surface area contributed by atoms with Crippen molar-refractivity contribution in [3.05, 3.63) is 29.3 Å². The first-order chi connectivity index (χ1) is 7.63. The molecule has 5 nitrogen and oxygen atoms in total. The predicted molar refractivity (Wildman–Crippen MR) is 60.5 cm³/mol. The molecule has 2 N–H and O–H groups in total. The third kappa shape index (κ3) is 3.78. The van der Waals surface area contributed by atoms with Gasteiger partial charge in [-0.2, -0.15) is 0 Å². The van der Waals surface area contributed by atoms with Gasteiger partial charge in [0.1, 0.15) is 6.54 Å². The zero-order valence-corrected chi connectivity index (χ0v) is 9.38. The molecule has 86 valence electrons. The molecule has 0 saturated carbocycles. The van der Waals surface area contributed by atoms with E-state index in [0.29, 0.717) is 10.7 Å². The Hall–Kier alpha value is -1.75. The second-order valence-electron chi connectivity index (χ2n) is 2.86. The van der Waals surface area contributed by atoms with Gasteiger partial charge in [0.25, 0.3) is 0 Å². The van der Waals surface area contributed by atoms with Crippen LogP contribution in [0, 0.1) is 0 Å². The van der Waals surface area contributed by atoms with Gasteiger partial charge in [-0.15, -0.1) is 0 Å². The first kappa shape index (κ1) is 12.3. The number of carbonyl (C=O) groups is 2. The number of urea groups is 1. The lowest BCUT2D eigenvalue weighted by molar-refractivity contribution is -0.139. The van der Waals surface area contributed by atoms with Crippen molar-refractivity contribution in [2.24, 2.45) is 0 Å². The van der Waals surface area contributed by atoms with E-state index < -0.39 is 12.0 Å². The Morgan fingerprint density at radius 3 is 2.69 bits per heavy atom. The van der Waals surface area contributed by atoms with Crippen LogP contribution in [0.15, 0.2) is 24.3 Å². The third-order valence-electron chi connectivity index (χ3n) is 1.74. The van der Waals surface area contributed by atoms with Crippen LogP contribution in [0.5, 0.6) is 0 Å². The molecule has 0 fully saturated rings. The van der Waals surface area contributed by atoms with Crippen LogP contribution in [-0.2, 0) is 9.53 Å². The zero-order chi connectivity index (χ0) is 12.0. The normalized spacial score (nSPS) is 9.38. The quantitative estimate of drug-likeness (QED) is 0.792. The van der Waals surface area contributed by atoms with Crippen molar-refractivity contribution in [3.8, 4) is 0 Å². The van der Waals surface area contributed by atoms with Crippen molar-refractivity contribution in [2.45, 2.75) is 0 Å². The number of hydrogen-bond acceptors (Lipinski definition) is 3. The number of hydrogen-bond donors (Lipinski definition) is 2. The molecule has 6 heteroatoms. The molecule has 0 aromatic heterocycles. The van der Waals surface area contributed by atoms with Crippen LogP contribution < -0.4 is 10.6 Å². The number of rotatable bonds is 3. The van der Waals surface area contributed by atoms with Crippen LogP contribution in [0.3, 0.4) is 0 Å². The lowest BCUT2D eigenvalue weighted by Gasteiger charge is -2.07. The SMILES string of the molecule is COC(=O)CNC(=O)Nc1ccccc1Cl. The smallest absolute Gasteiger partial charge is 0.325 e. The predicted octanol–water partition coefficient (Wildman–Crippen LogP) is 1.63. The van der Waals surface area contributed by atoms with Gasteiger partial charge in [0.05, 0.1) is 17.8 Å². The number of anilines is 1.